The fraction of sp³-hybridized carbons (Fsp3) is 0.364. The zero-order valence-electron chi connectivity index (χ0n) is 16.9. The van der Waals surface area contributed by atoms with Crippen LogP contribution in [-0.4, -0.2) is 38.1 Å². The minimum absolute atomic E-state index is 0.0724. The molecule has 0 aliphatic heterocycles. The molecule has 0 bridgehead atoms. The maximum absolute atomic E-state index is 12.2. The molecule has 0 aliphatic rings. The Labute approximate surface area is 166 Å². The maximum Gasteiger partial charge on any atom is 0.251 e. The molecule has 0 aromatic heterocycles. The van der Waals surface area contributed by atoms with Crippen molar-refractivity contribution in [3.63, 3.8) is 0 Å². The predicted octanol–water partition coefficient (Wildman–Crippen LogP) is 2.88. The summed E-state index contributed by atoms with van der Waals surface area (Å²) in [6, 6.07) is 12.8. The van der Waals surface area contributed by atoms with Crippen molar-refractivity contribution < 1.29 is 19.1 Å². The minimum Gasteiger partial charge on any atom is -0.496 e. The number of carbonyl (C=O) groups excluding carboxylic acids is 2. The fourth-order valence-electron chi connectivity index (χ4n) is 2.72. The number of benzene rings is 2. The van der Waals surface area contributed by atoms with Crippen LogP contribution in [0.3, 0.4) is 0 Å². The summed E-state index contributed by atoms with van der Waals surface area (Å²) in [6.45, 7) is 6.28. The number of amides is 2. The van der Waals surface area contributed by atoms with Crippen LogP contribution >= 0.6 is 0 Å². The Morgan fingerprint density at radius 3 is 2.39 bits per heavy atom. The van der Waals surface area contributed by atoms with Gasteiger partial charge in [-0.2, -0.15) is 0 Å². The molecule has 0 heterocycles. The SMILES string of the molecule is COc1ccc(C)cc1CCNC(=O)CNC(=O)c1ccc(OC(C)C)cc1. The van der Waals surface area contributed by atoms with Crippen LogP contribution in [0, 0.1) is 6.92 Å². The lowest BCUT2D eigenvalue weighted by molar-refractivity contribution is -0.120. The zero-order valence-corrected chi connectivity index (χ0v) is 16.9. The van der Waals surface area contributed by atoms with E-state index >= 15 is 0 Å². The van der Waals surface area contributed by atoms with Crippen LogP contribution in [0.4, 0.5) is 0 Å². The second kappa shape index (κ2) is 10.3. The molecule has 0 saturated heterocycles. The highest BCUT2D eigenvalue weighted by molar-refractivity contribution is 5.96. The number of rotatable bonds is 9. The molecule has 150 valence electrons. The summed E-state index contributed by atoms with van der Waals surface area (Å²) in [5, 5.41) is 5.43. The third-order valence-corrected chi connectivity index (χ3v) is 4.05. The maximum atomic E-state index is 12.2. The van der Waals surface area contributed by atoms with Crippen molar-refractivity contribution in [3.05, 3.63) is 59.2 Å². The van der Waals surface area contributed by atoms with E-state index in [9.17, 15) is 9.59 Å². The number of hydrogen-bond donors (Lipinski definition) is 2. The molecule has 0 aliphatic carbocycles. The van der Waals surface area contributed by atoms with E-state index in [-0.39, 0.29) is 24.5 Å². The zero-order chi connectivity index (χ0) is 20.5. The van der Waals surface area contributed by atoms with Crippen LogP contribution in [0.2, 0.25) is 0 Å². The highest BCUT2D eigenvalue weighted by Crippen LogP contribution is 2.19. The Hall–Kier alpha value is -3.02. The molecule has 28 heavy (non-hydrogen) atoms. The topological polar surface area (TPSA) is 76.7 Å². The number of methoxy groups -OCH3 is 1. The lowest BCUT2D eigenvalue weighted by Gasteiger charge is -2.11. The van der Waals surface area contributed by atoms with Gasteiger partial charge in [-0.05, 0) is 63.1 Å². The van der Waals surface area contributed by atoms with Gasteiger partial charge in [0.25, 0.3) is 5.91 Å². The molecule has 0 atom stereocenters. The normalized spacial score (nSPS) is 10.5. The van der Waals surface area contributed by atoms with Crippen LogP contribution in [0.1, 0.15) is 35.3 Å². The van der Waals surface area contributed by atoms with E-state index in [2.05, 4.69) is 10.6 Å². The van der Waals surface area contributed by atoms with Gasteiger partial charge in [-0.1, -0.05) is 17.7 Å². The van der Waals surface area contributed by atoms with Crippen molar-refractivity contribution in [1.29, 1.82) is 0 Å². The summed E-state index contributed by atoms with van der Waals surface area (Å²) in [4.78, 5) is 24.1. The van der Waals surface area contributed by atoms with Crippen molar-refractivity contribution in [3.8, 4) is 11.5 Å². The van der Waals surface area contributed by atoms with E-state index in [0.29, 0.717) is 24.3 Å². The van der Waals surface area contributed by atoms with Crippen molar-refractivity contribution in [2.75, 3.05) is 20.2 Å². The Morgan fingerprint density at radius 2 is 1.75 bits per heavy atom. The van der Waals surface area contributed by atoms with Gasteiger partial charge in [0.2, 0.25) is 5.91 Å². The summed E-state index contributed by atoms with van der Waals surface area (Å²) in [5.74, 6) is 0.972. The molecule has 0 spiro atoms. The van der Waals surface area contributed by atoms with Crippen LogP contribution in [0.5, 0.6) is 11.5 Å². The van der Waals surface area contributed by atoms with Crippen LogP contribution in [0.25, 0.3) is 0 Å². The van der Waals surface area contributed by atoms with E-state index in [1.165, 1.54) is 0 Å². The monoisotopic (exact) mass is 384 g/mol. The van der Waals surface area contributed by atoms with Gasteiger partial charge >= 0.3 is 0 Å². The van der Waals surface area contributed by atoms with Crippen molar-refractivity contribution in [1.82, 2.24) is 10.6 Å². The van der Waals surface area contributed by atoms with E-state index in [1.807, 2.05) is 39.0 Å². The van der Waals surface area contributed by atoms with E-state index in [1.54, 1.807) is 31.4 Å². The molecule has 6 nitrogen and oxygen atoms in total. The van der Waals surface area contributed by atoms with Gasteiger partial charge in [-0.25, -0.2) is 0 Å². The first-order valence-corrected chi connectivity index (χ1v) is 9.34. The largest absolute Gasteiger partial charge is 0.496 e. The molecule has 0 fully saturated rings. The second-order valence-corrected chi connectivity index (χ2v) is 6.79. The van der Waals surface area contributed by atoms with E-state index in [4.69, 9.17) is 9.47 Å². The van der Waals surface area contributed by atoms with Crippen LogP contribution in [-0.2, 0) is 11.2 Å². The third kappa shape index (κ3) is 6.61. The molecule has 0 saturated carbocycles. The quantitative estimate of drug-likeness (QED) is 0.697. The Kier molecular flexibility index (Phi) is 7.87. The molecule has 2 aromatic rings. The van der Waals surface area contributed by atoms with E-state index in [0.717, 1.165) is 16.9 Å². The lowest BCUT2D eigenvalue weighted by atomic mass is 10.1. The average molecular weight is 384 g/mol. The molecule has 2 N–H and O–H groups in total. The van der Waals surface area contributed by atoms with Gasteiger partial charge in [0.15, 0.2) is 0 Å². The van der Waals surface area contributed by atoms with Crippen molar-refractivity contribution in [2.45, 2.75) is 33.3 Å². The van der Waals surface area contributed by atoms with E-state index < -0.39 is 0 Å². The predicted molar refractivity (Wildman–Crippen MR) is 109 cm³/mol. The Morgan fingerprint density at radius 1 is 1.04 bits per heavy atom. The lowest BCUT2D eigenvalue weighted by Crippen LogP contribution is -2.37. The summed E-state index contributed by atoms with van der Waals surface area (Å²) < 4.78 is 10.9. The molecule has 2 rings (SSSR count). The first kappa shape index (κ1) is 21.3. The molecule has 2 aromatic carbocycles. The van der Waals surface area contributed by atoms with Crippen molar-refractivity contribution >= 4 is 11.8 Å². The highest BCUT2D eigenvalue weighted by Gasteiger charge is 2.09. The minimum atomic E-state index is -0.299. The number of nitrogens with one attached hydrogen (secondary N) is 2. The third-order valence-electron chi connectivity index (χ3n) is 4.05. The van der Waals surface area contributed by atoms with Gasteiger partial charge in [0, 0.05) is 12.1 Å². The second-order valence-electron chi connectivity index (χ2n) is 6.79. The molecular formula is C22H28N2O4. The van der Waals surface area contributed by atoms with Gasteiger partial charge in [0.05, 0.1) is 19.8 Å². The van der Waals surface area contributed by atoms with Gasteiger partial charge in [-0.15, -0.1) is 0 Å². The Balaban J connectivity index is 1.76. The van der Waals surface area contributed by atoms with Crippen LogP contribution < -0.4 is 20.1 Å². The first-order valence-electron chi connectivity index (χ1n) is 9.34. The molecule has 0 radical (unpaired) electrons. The smallest absolute Gasteiger partial charge is 0.251 e. The molecular weight excluding hydrogens is 356 g/mol. The first-order chi connectivity index (χ1) is 13.4. The van der Waals surface area contributed by atoms with Crippen molar-refractivity contribution in [2.24, 2.45) is 0 Å². The standard InChI is InChI=1S/C22H28N2O4/c1-15(2)28-19-8-6-17(7-9-19)22(26)24-14-21(25)23-12-11-18-13-16(3)5-10-20(18)27-4/h5-10,13,15H,11-12,14H2,1-4H3,(H,23,25)(H,24,26). The van der Waals surface area contributed by atoms with Gasteiger partial charge in [-0.3, -0.25) is 9.59 Å². The van der Waals surface area contributed by atoms with Gasteiger partial charge in [0.1, 0.15) is 11.5 Å². The number of ether oxygens (including phenoxy) is 2. The fourth-order valence-corrected chi connectivity index (χ4v) is 2.72. The Bertz CT molecular complexity index is 801. The average Bonchev–Trinajstić information content (AvgIpc) is 2.66. The molecule has 2 amide bonds. The molecule has 0 unspecified atom stereocenters. The highest BCUT2D eigenvalue weighted by atomic mass is 16.5. The summed E-state index contributed by atoms with van der Waals surface area (Å²) in [7, 11) is 1.63. The summed E-state index contributed by atoms with van der Waals surface area (Å²) in [5.41, 5.74) is 2.66. The van der Waals surface area contributed by atoms with Gasteiger partial charge < -0.3 is 20.1 Å². The number of carbonyl (C=O) groups is 2. The number of hydrogen-bond acceptors (Lipinski definition) is 4. The molecule has 6 heteroatoms. The summed E-state index contributed by atoms with van der Waals surface area (Å²) in [6.07, 6.45) is 0.727. The number of aryl methyl sites for hydroxylation is 1. The summed E-state index contributed by atoms with van der Waals surface area (Å²) >= 11 is 0. The van der Waals surface area contributed by atoms with Crippen LogP contribution in [0.15, 0.2) is 42.5 Å².